The van der Waals surface area contributed by atoms with Gasteiger partial charge in [0.15, 0.2) is 0 Å². The van der Waals surface area contributed by atoms with Gasteiger partial charge in [-0.1, -0.05) is 51.0 Å². The Morgan fingerprint density at radius 1 is 0.629 bits per heavy atom. The van der Waals surface area contributed by atoms with E-state index in [-0.39, 0.29) is 24.3 Å². The lowest BCUT2D eigenvalue weighted by Crippen LogP contribution is -2.54. The highest BCUT2D eigenvalue weighted by molar-refractivity contribution is 5.90. The highest BCUT2D eigenvalue weighted by atomic mass is 19.4. The van der Waals surface area contributed by atoms with Crippen molar-refractivity contribution in [3.05, 3.63) is 70.8 Å². The average molecular weight is 504 g/mol. The van der Waals surface area contributed by atoms with Crippen LogP contribution in [-0.4, -0.2) is 37.5 Å². The molecule has 192 valence electrons. The lowest BCUT2D eigenvalue weighted by atomic mass is 9.72. The molecule has 4 nitrogen and oxygen atoms in total. The zero-order chi connectivity index (χ0) is 26.3. The first-order valence-corrected chi connectivity index (χ1v) is 11.1. The number of carbonyl (C=O) groups is 2. The smallest absolute Gasteiger partial charge is 0.411 e. The van der Waals surface area contributed by atoms with Gasteiger partial charge in [0.25, 0.3) is 0 Å². The van der Waals surface area contributed by atoms with Crippen molar-refractivity contribution in [2.24, 2.45) is 0 Å². The van der Waals surface area contributed by atoms with Crippen molar-refractivity contribution in [1.82, 2.24) is 0 Å². The molecule has 35 heavy (non-hydrogen) atoms. The van der Waals surface area contributed by atoms with E-state index in [9.17, 15) is 35.9 Å². The summed E-state index contributed by atoms with van der Waals surface area (Å²) in [6.45, 7) is 3.88. The Bertz CT molecular complexity index is 898. The Labute approximate surface area is 199 Å². The third kappa shape index (κ3) is 6.15. The Hall–Kier alpha value is -3.04. The van der Waals surface area contributed by atoms with E-state index in [2.05, 4.69) is 0 Å². The van der Waals surface area contributed by atoms with E-state index in [0.717, 1.165) is 37.1 Å². The Morgan fingerprint density at radius 2 is 0.943 bits per heavy atom. The second-order valence-corrected chi connectivity index (χ2v) is 7.88. The van der Waals surface area contributed by atoms with Gasteiger partial charge in [0.1, 0.15) is 0 Å². The molecule has 2 aromatic carbocycles. The van der Waals surface area contributed by atoms with Gasteiger partial charge in [-0.05, 0) is 48.2 Å². The number of unbranched alkanes of at least 4 members (excludes halogenated alkanes) is 2. The number of benzene rings is 2. The fraction of sp³-hybridized carbons (Fsp3) is 0.440. The maximum Gasteiger partial charge on any atom is 0.411 e. The van der Waals surface area contributed by atoms with Crippen molar-refractivity contribution < 1.29 is 45.4 Å². The van der Waals surface area contributed by atoms with Crippen LogP contribution in [0.4, 0.5) is 26.3 Å². The zero-order valence-electron chi connectivity index (χ0n) is 19.3. The molecule has 0 amide bonds. The largest absolute Gasteiger partial charge is 0.462 e. The number of rotatable bonds is 10. The van der Waals surface area contributed by atoms with Crippen LogP contribution < -0.4 is 0 Å². The zero-order valence-corrected chi connectivity index (χ0v) is 19.3. The fourth-order valence-corrected chi connectivity index (χ4v) is 3.48. The number of carbonyl (C=O) groups excluding carboxylic acids is 2. The minimum atomic E-state index is -5.79. The number of esters is 2. The molecular weight excluding hydrogens is 478 g/mol. The minimum Gasteiger partial charge on any atom is -0.462 e. The van der Waals surface area contributed by atoms with Crippen LogP contribution in [0.2, 0.25) is 0 Å². The third-order valence-corrected chi connectivity index (χ3v) is 5.42. The van der Waals surface area contributed by atoms with Crippen LogP contribution >= 0.6 is 0 Å². The summed E-state index contributed by atoms with van der Waals surface area (Å²) in [4.78, 5) is 24.1. The molecule has 0 aromatic heterocycles. The molecule has 0 spiro atoms. The number of ether oxygens (including phenoxy) is 2. The van der Waals surface area contributed by atoms with Crippen LogP contribution in [0.15, 0.2) is 48.5 Å². The van der Waals surface area contributed by atoms with Gasteiger partial charge < -0.3 is 9.47 Å². The summed E-state index contributed by atoms with van der Waals surface area (Å²) >= 11 is 0. The average Bonchev–Trinajstić information content (AvgIpc) is 2.78. The molecule has 0 atom stereocenters. The topological polar surface area (TPSA) is 52.6 Å². The number of hydrogen-bond acceptors (Lipinski definition) is 4. The van der Waals surface area contributed by atoms with E-state index in [1.807, 2.05) is 13.8 Å². The normalized spacial score (nSPS) is 12.3. The van der Waals surface area contributed by atoms with Gasteiger partial charge in [-0.15, -0.1) is 0 Å². The molecule has 0 aliphatic carbocycles. The molecule has 0 aliphatic rings. The predicted octanol–water partition coefficient (Wildman–Crippen LogP) is 7.01. The highest BCUT2D eigenvalue weighted by Crippen LogP contribution is 2.56. The first-order chi connectivity index (χ1) is 16.4. The van der Waals surface area contributed by atoms with Crippen LogP contribution in [0.5, 0.6) is 0 Å². The van der Waals surface area contributed by atoms with Crippen molar-refractivity contribution in [2.75, 3.05) is 13.2 Å². The SMILES string of the molecule is CCCCOC(=O)c1ccc(C(c2ccc(C(=O)OCCCC)cc2)(C(F)(F)F)C(F)(F)F)cc1. The molecule has 0 saturated carbocycles. The van der Waals surface area contributed by atoms with Crippen LogP contribution in [0, 0.1) is 0 Å². The number of hydrogen-bond donors (Lipinski definition) is 0. The third-order valence-electron chi connectivity index (χ3n) is 5.42. The monoisotopic (exact) mass is 504 g/mol. The minimum absolute atomic E-state index is 0.0827. The molecule has 0 aliphatic heterocycles. The van der Waals surface area contributed by atoms with Gasteiger partial charge in [0, 0.05) is 0 Å². The van der Waals surface area contributed by atoms with Gasteiger partial charge in [-0.3, -0.25) is 0 Å². The quantitative estimate of drug-likeness (QED) is 0.198. The Morgan fingerprint density at radius 3 is 1.20 bits per heavy atom. The molecule has 0 radical (unpaired) electrons. The second-order valence-electron chi connectivity index (χ2n) is 7.88. The molecule has 2 aromatic rings. The molecule has 0 fully saturated rings. The van der Waals surface area contributed by atoms with Crippen molar-refractivity contribution in [3.63, 3.8) is 0 Å². The summed E-state index contributed by atoms with van der Waals surface area (Å²) in [5, 5.41) is 0. The van der Waals surface area contributed by atoms with Gasteiger partial charge in [-0.2, -0.15) is 26.3 Å². The first-order valence-electron chi connectivity index (χ1n) is 11.1. The molecular formula is C25H26F6O4. The van der Waals surface area contributed by atoms with Crippen molar-refractivity contribution in [1.29, 1.82) is 0 Å². The summed E-state index contributed by atoms with van der Waals surface area (Å²) < 4.78 is 95.5. The van der Waals surface area contributed by atoms with Crippen molar-refractivity contribution in [3.8, 4) is 0 Å². The Kier molecular flexibility index (Phi) is 9.34. The summed E-state index contributed by atoms with van der Waals surface area (Å²) in [6.07, 6.45) is -8.98. The summed E-state index contributed by atoms with van der Waals surface area (Å²) in [7, 11) is 0. The molecule has 2 rings (SSSR count). The molecule has 10 heteroatoms. The molecule has 0 heterocycles. The maximum absolute atomic E-state index is 14.3. The van der Waals surface area contributed by atoms with E-state index in [0.29, 0.717) is 37.1 Å². The van der Waals surface area contributed by atoms with E-state index in [1.54, 1.807) is 0 Å². The van der Waals surface area contributed by atoms with E-state index >= 15 is 0 Å². The van der Waals surface area contributed by atoms with Crippen molar-refractivity contribution in [2.45, 2.75) is 57.3 Å². The summed E-state index contributed by atoms with van der Waals surface area (Å²) in [5.74, 6) is -1.69. The lowest BCUT2D eigenvalue weighted by Gasteiger charge is -2.38. The van der Waals surface area contributed by atoms with Gasteiger partial charge in [0.05, 0.1) is 24.3 Å². The predicted molar refractivity (Wildman–Crippen MR) is 116 cm³/mol. The van der Waals surface area contributed by atoms with E-state index in [4.69, 9.17) is 9.47 Å². The van der Waals surface area contributed by atoms with E-state index < -0.39 is 40.8 Å². The van der Waals surface area contributed by atoms with Gasteiger partial charge in [-0.25, -0.2) is 9.59 Å². The Balaban J connectivity index is 2.51. The van der Waals surface area contributed by atoms with Gasteiger partial charge in [0.2, 0.25) is 5.41 Å². The van der Waals surface area contributed by atoms with Crippen LogP contribution in [-0.2, 0) is 14.9 Å². The van der Waals surface area contributed by atoms with E-state index in [1.165, 1.54) is 0 Å². The number of halogens is 6. The number of alkyl halides is 6. The summed E-state index contributed by atoms with van der Waals surface area (Å²) in [6, 6.07) is 5.94. The van der Waals surface area contributed by atoms with Crippen LogP contribution in [0.25, 0.3) is 0 Å². The second kappa shape index (κ2) is 11.6. The van der Waals surface area contributed by atoms with Crippen LogP contribution in [0.1, 0.15) is 71.4 Å². The molecule has 0 unspecified atom stereocenters. The maximum atomic E-state index is 14.3. The molecule has 0 saturated heterocycles. The molecule has 0 N–H and O–H groups in total. The highest BCUT2D eigenvalue weighted by Gasteiger charge is 2.72. The first kappa shape index (κ1) is 28.2. The van der Waals surface area contributed by atoms with Crippen LogP contribution in [0.3, 0.4) is 0 Å². The summed E-state index contributed by atoms with van der Waals surface area (Å²) in [5.41, 5.74) is -6.99. The van der Waals surface area contributed by atoms with Crippen molar-refractivity contribution >= 4 is 11.9 Å². The standard InChI is InChI=1S/C25H26F6O4/c1-3-5-15-34-21(32)17-7-11-19(12-8-17)23(24(26,27)28,25(29,30)31)20-13-9-18(10-14-20)22(33)35-16-6-4-2/h7-14H,3-6,15-16H2,1-2H3. The lowest BCUT2D eigenvalue weighted by molar-refractivity contribution is -0.288. The fourth-order valence-electron chi connectivity index (χ4n) is 3.48. The molecule has 0 bridgehead atoms. The van der Waals surface area contributed by atoms with Gasteiger partial charge >= 0.3 is 24.3 Å².